The van der Waals surface area contributed by atoms with E-state index in [2.05, 4.69) is 0 Å². The van der Waals surface area contributed by atoms with E-state index in [1.807, 2.05) is 18.7 Å². The van der Waals surface area contributed by atoms with Gasteiger partial charge in [-0.25, -0.2) is 4.39 Å². The predicted molar refractivity (Wildman–Crippen MR) is 77.9 cm³/mol. The molecule has 6 heteroatoms. The van der Waals surface area contributed by atoms with Gasteiger partial charge in [-0.05, 0) is 31.2 Å². The maximum atomic E-state index is 13.2. The molecule has 0 bridgehead atoms. The van der Waals surface area contributed by atoms with Crippen LogP contribution in [0.3, 0.4) is 0 Å². The molecule has 0 radical (unpaired) electrons. The van der Waals surface area contributed by atoms with Gasteiger partial charge in [0, 0.05) is 17.1 Å². The number of carbonyl (C=O) groups is 1. The highest BCUT2D eigenvalue weighted by atomic mass is 35.5. The second-order valence-corrected chi connectivity index (χ2v) is 5.63. The number of carboxylic acids is 1. The molecule has 1 aliphatic rings. The molecular weight excluding hydrogens is 297 g/mol. The largest absolute Gasteiger partial charge is 0.481 e. The van der Waals surface area contributed by atoms with Crippen LogP contribution in [0.5, 0.6) is 0 Å². The Labute approximate surface area is 128 Å². The summed E-state index contributed by atoms with van der Waals surface area (Å²) in [6.07, 6.45) is 0. The number of nitrogens with zero attached hydrogens (tertiary/aromatic N) is 1. The Morgan fingerprint density at radius 1 is 1.57 bits per heavy atom. The van der Waals surface area contributed by atoms with Gasteiger partial charge in [0.2, 0.25) is 0 Å². The summed E-state index contributed by atoms with van der Waals surface area (Å²) in [5.74, 6) is -1.79. The molecule has 3 unspecified atom stereocenters. The minimum absolute atomic E-state index is 0.114. The smallest absolute Gasteiger partial charge is 0.310 e. The summed E-state index contributed by atoms with van der Waals surface area (Å²) in [7, 11) is 0. The number of halogens is 2. The molecule has 0 spiro atoms. The van der Waals surface area contributed by atoms with Crippen molar-refractivity contribution in [1.82, 2.24) is 4.90 Å². The Balaban J connectivity index is 2.26. The quantitative estimate of drug-likeness (QED) is 0.907. The minimum Gasteiger partial charge on any atom is -0.481 e. The van der Waals surface area contributed by atoms with Crippen molar-refractivity contribution in [1.29, 1.82) is 0 Å². The average Bonchev–Trinajstić information content (AvgIpc) is 2.88. The lowest BCUT2D eigenvalue weighted by Crippen LogP contribution is -2.44. The first kappa shape index (κ1) is 16.2. The van der Waals surface area contributed by atoms with E-state index in [0.29, 0.717) is 18.2 Å². The summed E-state index contributed by atoms with van der Waals surface area (Å²) in [5, 5.41) is 9.64. The highest BCUT2D eigenvalue weighted by molar-refractivity contribution is 6.31. The van der Waals surface area contributed by atoms with Gasteiger partial charge in [-0.15, -0.1) is 0 Å². The maximum absolute atomic E-state index is 13.2. The second kappa shape index (κ2) is 6.73. The van der Waals surface area contributed by atoms with E-state index >= 15 is 0 Å². The van der Waals surface area contributed by atoms with Crippen molar-refractivity contribution in [3.05, 3.63) is 34.6 Å². The van der Waals surface area contributed by atoms with Gasteiger partial charge in [0.25, 0.3) is 0 Å². The molecule has 2 rings (SSSR count). The molecule has 1 fully saturated rings. The molecule has 1 saturated heterocycles. The highest BCUT2D eigenvalue weighted by Gasteiger charge is 2.39. The van der Waals surface area contributed by atoms with Gasteiger partial charge in [0.05, 0.1) is 19.1 Å². The Kier molecular flexibility index (Phi) is 5.19. The lowest BCUT2D eigenvalue weighted by Gasteiger charge is -2.35. The summed E-state index contributed by atoms with van der Waals surface area (Å²) in [6.45, 7) is 5.17. The zero-order chi connectivity index (χ0) is 15.6. The fourth-order valence-electron chi connectivity index (χ4n) is 2.92. The highest BCUT2D eigenvalue weighted by Crippen LogP contribution is 2.32. The van der Waals surface area contributed by atoms with E-state index in [9.17, 15) is 14.3 Å². The summed E-state index contributed by atoms with van der Waals surface area (Å²) >= 11 is 6.12. The third kappa shape index (κ3) is 3.36. The molecule has 1 N–H and O–H groups in total. The van der Waals surface area contributed by atoms with Crippen molar-refractivity contribution >= 4 is 17.6 Å². The molecule has 1 aromatic carbocycles. The minimum atomic E-state index is -0.853. The first-order valence-electron chi connectivity index (χ1n) is 6.97. The van der Waals surface area contributed by atoms with Crippen molar-refractivity contribution in [3.63, 3.8) is 0 Å². The van der Waals surface area contributed by atoms with Crippen molar-refractivity contribution < 1.29 is 19.0 Å². The fraction of sp³-hybridized carbons (Fsp3) is 0.533. The fourth-order valence-corrected chi connectivity index (χ4v) is 3.25. The van der Waals surface area contributed by atoms with Gasteiger partial charge < -0.3 is 9.84 Å². The number of carboxylic acid groups (broad SMARTS) is 1. The van der Waals surface area contributed by atoms with E-state index in [-0.39, 0.29) is 24.5 Å². The third-order valence-corrected chi connectivity index (χ3v) is 4.40. The molecule has 1 aliphatic heterocycles. The SMILES string of the molecule is CCN(C(C)c1ccc(F)cc1Cl)C1COCC1C(=O)O. The van der Waals surface area contributed by atoms with Crippen molar-refractivity contribution in [2.75, 3.05) is 19.8 Å². The Bertz CT molecular complexity index is 526. The van der Waals surface area contributed by atoms with Gasteiger partial charge in [-0.1, -0.05) is 24.6 Å². The van der Waals surface area contributed by atoms with Crippen LogP contribution in [0.15, 0.2) is 18.2 Å². The molecule has 0 amide bonds. The molecule has 116 valence electrons. The van der Waals surface area contributed by atoms with Gasteiger partial charge in [-0.3, -0.25) is 9.69 Å². The number of aliphatic carboxylic acids is 1. The lowest BCUT2D eigenvalue weighted by atomic mass is 9.98. The lowest BCUT2D eigenvalue weighted by molar-refractivity contribution is -0.143. The van der Waals surface area contributed by atoms with Crippen LogP contribution in [0.1, 0.15) is 25.5 Å². The summed E-state index contributed by atoms with van der Waals surface area (Å²) in [5.41, 5.74) is 0.788. The zero-order valence-corrected chi connectivity index (χ0v) is 12.8. The number of rotatable bonds is 5. The Hall–Kier alpha value is -1.17. The van der Waals surface area contributed by atoms with E-state index < -0.39 is 11.9 Å². The second-order valence-electron chi connectivity index (χ2n) is 5.22. The van der Waals surface area contributed by atoms with Crippen LogP contribution in [0.4, 0.5) is 4.39 Å². The number of benzene rings is 1. The summed E-state index contributed by atoms with van der Waals surface area (Å²) < 4.78 is 18.5. The van der Waals surface area contributed by atoms with Gasteiger partial charge >= 0.3 is 5.97 Å². The first-order chi connectivity index (χ1) is 9.95. The predicted octanol–water partition coefficient (Wildman–Crippen LogP) is 2.96. The van der Waals surface area contributed by atoms with Gasteiger partial charge in [-0.2, -0.15) is 0 Å². The van der Waals surface area contributed by atoms with Gasteiger partial charge in [0.1, 0.15) is 5.82 Å². The van der Waals surface area contributed by atoms with Crippen molar-refractivity contribution in [3.8, 4) is 0 Å². The molecular formula is C15H19ClFNO3. The van der Waals surface area contributed by atoms with Crippen LogP contribution in [0.25, 0.3) is 0 Å². The van der Waals surface area contributed by atoms with Crippen LogP contribution in [-0.4, -0.2) is 41.8 Å². The molecule has 1 heterocycles. The number of ether oxygens (including phenoxy) is 1. The molecule has 0 saturated carbocycles. The molecule has 4 nitrogen and oxygen atoms in total. The zero-order valence-electron chi connectivity index (χ0n) is 12.1. The molecule has 0 aromatic heterocycles. The van der Waals surface area contributed by atoms with E-state index in [1.165, 1.54) is 12.1 Å². The maximum Gasteiger partial charge on any atom is 0.310 e. The Morgan fingerprint density at radius 2 is 2.29 bits per heavy atom. The van der Waals surface area contributed by atoms with E-state index in [4.69, 9.17) is 16.3 Å². The number of hydrogen-bond acceptors (Lipinski definition) is 3. The summed E-state index contributed by atoms with van der Waals surface area (Å²) in [6, 6.07) is 3.98. The monoisotopic (exact) mass is 315 g/mol. The van der Waals surface area contributed by atoms with Crippen LogP contribution >= 0.6 is 11.6 Å². The molecule has 1 aromatic rings. The van der Waals surface area contributed by atoms with Crippen molar-refractivity contribution in [2.24, 2.45) is 5.92 Å². The van der Waals surface area contributed by atoms with Crippen LogP contribution in [0.2, 0.25) is 5.02 Å². The van der Waals surface area contributed by atoms with Crippen LogP contribution in [-0.2, 0) is 9.53 Å². The van der Waals surface area contributed by atoms with Crippen molar-refractivity contribution in [2.45, 2.75) is 25.9 Å². The normalized spacial score (nSPS) is 23.5. The Morgan fingerprint density at radius 3 is 2.86 bits per heavy atom. The van der Waals surface area contributed by atoms with E-state index in [1.54, 1.807) is 6.07 Å². The molecule has 0 aliphatic carbocycles. The topological polar surface area (TPSA) is 49.8 Å². The third-order valence-electron chi connectivity index (χ3n) is 4.07. The standard InChI is InChI=1S/C15H19ClFNO3/c1-3-18(14-8-21-7-12(14)15(19)20)9(2)11-5-4-10(17)6-13(11)16/h4-6,9,12,14H,3,7-8H2,1-2H3,(H,19,20). The molecule has 21 heavy (non-hydrogen) atoms. The van der Waals surface area contributed by atoms with Crippen LogP contribution < -0.4 is 0 Å². The number of hydrogen-bond donors (Lipinski definition) is 1. The van der Waals surface area contributed by atoms with Crippen LogP contribution in [0, 0.1) is 11.7 Å². The summed E-state index contributed by atoms with van der Waals surface area (Å²) in [4.78, 5) is 13.4. The molecule has 3 atom stereocenters. The van der Waals surface area contributed by atoms with E-state index in [0.717, 1.165) is 5.56 Å². The number of likely N-dealkylation sites (N-methyl/N-ethyl adjacent to an activating group) is 1. The first-order valence-corrected chi connectivity index (χ1v) is 7.34. The van der Waals surface area contributed by atoms with Gasteiger partial charge in [0.15, 0.2) is 0 Å². The average molecular weight is 316 g/mol.